The molecule has 0 saturated heterocycles. The molecule has 120 valence electrons. The van der Waals surface area contributed by atoms with Crippen molar-refractivity contribution in [2.24, 2.45) is 5.10 Å². The molecule has 2 aromatic carbocycles. The Morgan fingerprint density at radius 1 is 1.22 bits per heavy atom. The molecule has 0 aliphatic carbocycles. The SMILES string of the molecule is CCCCOc1ccc(/C=N/NC(=O)c2cccc(C)c2)cc1. The summed E-state index contributed by atoms with van der Waals surface area (Å²) >= 11 is 0. The number of nitrogens with one attached hydrogen (secondary N) is 1. The van der Waals surface area contributed by atoms with Gasteiger partial charge in [0.05, 0.1) is 12.8 Å². The Morgan fingerprint density at radius 3 is 2.70 bits per heavy atom. The average molecular weight is 310 g/mol. The van der Waals surface area contributed by atoms with Gasteiger partial charge in [0.15, 0.2) is 0 Å². The Kier molecular flexibility index (Phi) is 6.36. The molecular formula is C19H22N2O2. The Bertz CT molecular complexity index is 663. The van der Waals surface area contributed by atoms with Gasteiger partial charge < -0.3 is 4.74 Å². The fourth-order valence-corrected chi connectivity index (χ4v) is 2.00. The Hall–Kier alpha value is -2.62. The number of unbranched alkanes of at least 4 members (excludes halogenated alkanes) is 1. The summed E-state index contributed by atoms with van der Waals surface area (Å²) in [5.74, 6) is 0.629. The summed E-state index contributed by atoms with van der Waals surface area (Å²) < 4.78 is 5.60. The minimum absolute atomic E-state index is 0.218. The van der Waals surface area contributed by atoms with Crippen molar-refractivity contribution in [1.82, 2.24) is 5.43 Å². The molecule has 0 aliphatic rings. The van der Waals surface area contributed by atoms with Crippen LogP contribution in [0.3, 0.4) is 0 Å². The molecule has 1 amide bonds. The van der Waals surface area contributed by atoms with Crippen LogP contribution in [0.25, 0.3) is 0 Å². The van der Waals surface area contributed by atoms with E-state index in [2.05, 4.69) is 17.5 Å². The maximum Gasteiger partial charge on any atom is 0.271 e. The summed E-state index contributed by atoms with van der Waals surface area (Å²) in [7, 11) is 0. The highest BCUT2D eigenvalue weighted by atomic mass is 16.5. The predicted molar refractivity (Wildman–Crippen MR) is 93.1 cm³/mol. The standard InChI is InChI=1S/C19H22N2O2/c1-3-4-12-23-18-10-8-16(9-11-18)14-20-21-19(22)17-7-5-6-15(2)13-17/h5-11,13-14H,3-4,12H2,1-2H3,(H,21,22)/b20-14+. The van der Waals surface area contributed by atoms with Gasteiger partial charge in [-0.1, -0.05) is 31.0 Å². The van der Waals surface area contributed by atoms with E-state index in [1.54, 1.807) is 12.3 Å². The smallest absolute Gasteiger partial charge is 0.271 e. The summed E-state index contributed by atoms with van der Waals surface area (Å²) in [5.41, 5.74) is 5.07. The number of ether oxygens (including phenoxy) is 1. The molecule has 0 saturated carbocycles. The maximum absolute atomic E-state index is 11.9. The minimum Gasteiger partial charge on any atom is -0.494 e. The van der Waals surface area contributed by atoms with Crippen LogP contribution in [-0.2, 0) is 0 Å². The van der Waals surface area contributed by atoms with Crippen LogP contribution in [-0.4, -0.2) is 18.7 Å². The van der Waals surface area contributed by atoms with E-state index in [0.29, 0.717) is 5.56 Å². The predicted octanol–water partition coefficient (Wildman–Crippen LogP) is 3.94. The largest absolute Gasteiger partial charge is 0.494 e. The highest BCUT2D eigenvalue weighted by Crippen LogP contribution is 2.11. The van der Waals surface area contributed by atoms with Gasteiger partial charge in [0.1, 0.15) is 5.75 Å². The molecule has 0 fully saturated rings. The molecule has 0 unspecified atom stereocenters. The molecule has 0 spiro atoms. The third-order valence-electron chi connectivity index (χ3n) is 3.31. The van der Waals surface area contributed by atoms with Crippen LogP contribution < -0.4 is 10.2 Å². The summed E-state index contributed by atoms with van der Waals surface area (Å²) in [6.07, 6.45) is 3.78. The Labute approximate surface area is 137 Å². The second kappa shape index (κ2) is 8.73. The van der Waals surface area contributed by atoms with Gasteiger partial charge in [0.2, 0.25) is 0 Å². The first kappa shape index (κ1) is 16.7. The van der Waals surface area contributed by atoms with Crippen LogP contribution in [0, 0.1) is 6.92 Å². The highest BCUT2D eigenvalue weighted by Gasteiger charge is 2.03. The average Bonchev–Trinajstić information content (AvgIpc) is 2.56. The van der Waals surface area contributed by atoms with E-state index < -0.39 is 0 Å². The van der Waals surface area contributed by atoms with Crippen molar-refractivity contribution in [3.63, 3.8) is 0 Å². The summed E-state index contributed by atoms with van der Waals surface area (Å²) in [5, 5.41) is 3.99. The number of benzene rings is 2. The van der Waals surface area contributed by atoms with E-state index in [1.165, 1.54) is 0 Å². The molecule has 0 aromatic heterocycles. The van der Waals surface area contributed by atoms with E-state index in [1.807, 2.05) is 49.4 Å². The molecule has 0 atom stereocenters. The zero-order valence-electron chi connectivity index (χ0n) is 13.6. The third-order valence-corrected chi connectivity index (χ3v) is 3.31. The fourth-order valence-electron chi connectivity index (χ4n) is 2.00. The quantitative estimate of drug-likeness (QED) is 0.478. The van der Waals surface area contributed by atoms with Crippen molar-refractivity contribution in [3.8, 4) is 5.75 Å². The molecule has 0 radical (unpaired) electrons. The van der Waals surface area contributed by atoms with Gasteiger partial charge in [-0.2, -0.15) is 5.10 Å². The number of hydrazone groups is 1. The number of hydrogen-bond donors (Lipinski definition) is 1. The lowest BCUT2D eigenvalue weighted by molar-refractivity contribution is 0.0955. The van der Waals surface area contributed by atoms with Crippen molar-refractivity contribution in [2.45, 2.75) is 26.7 Å². The molecule has 4 nitrogen and oxygen atoms in total. The normalized spacial score (nSPS) is 10.7. The first-order valence-electron chi connectivity index (χ1n) is 7.82. The zero-order chi connectivity index (χ0) is 16.5. The molecule has 2 aromatic rings. The van der Waals surface area contributed by atoms with E-state index in [-0.39, 0.29) is 5.91 Å². The van der Waals surface area contributed by atoms with Crippen LogP contribution in [0.2, 0.25) is 0 Å². The highest BCUT2D eigenvalue weighted by molar-refractivity contribution is 5.95. The molecule has 0 bridgehead atoms. The zero-order valence-corrected chi connectivity index (χ0v) is 13.6. The van der Waals surface area contributed by atoms with Crippen LogP contribution in [0.4, 0.5) is 0 Å². The summed E-state index contributed by atoms with van der Waals surface area (Å²) in [4.78, 5) is 11.9. The van der Waals surface area contributed by atoms with Gasteiger partial charge in [0.25, 0.3) is 5.91 Å². The molecular weight excluding hydrogens is 288 g/mol. The minimum atomic E-state index is -0.218. The van der Waals surface area contributed by atoms with Crippen molar-refractivity contribution in [1.29, 1.82) is 0 Å². The number of aryl methyl sites for hydroxylation is 1. The Morgan fingerprint density at radius 2 is 2.00 bits per heavy atom. The summed E-state index contributed by atoms with van der Waals surface area (Å²) in [6, 6.07) is 15.0. The van der Waals surface area contributed by atoms with Crippen molar-refractivity contribution in [2.75, 3.05) is 6.61 Å². The third kappa shape index (κ3) is 5.58. The molecule has 0 aliphatic heterocycles. The molecule has 0 heterocycles. The van der Waals surface area contributed by atoms with E-state index in [4.69, 9.17) is 4.74 Å². The second-order valence-electron chi connectivity index (χ2n) is 5.34. The van der Waals surface area contributed by atoms with E-state index in [9.17, 15) is 4.79 Å². The fraction of sp³-hybridized carbons (Fsp3) is 0.263. The molecule has 4 heteroatoms. The van der Waals surface area contributed by atoms with E-state index >= 15 is 0 Å². The molecule has 1 N–H and O–H groups in total. The van der Waals surface area contributed by atoms with Crippen LogP contribution in [0.5, 0.6) is 5.75 Å². The molecule has 2 rings (SSSR count). The number of nitrogens with zero attached hydrogens (tertiary/aromatic N) is 1. The van der Waals surface area contributed by atoms with Gasteiger partial charge in [-0.3, -0.25) is 4.79 Å². The number of carbonyl (C=O) groups excluding carboxylic acids is 1. The van der Waals surface area contributed by atoms with Gasteiger partial charge in [-0.05, 0) is 55.3 Å². The van der Waals surface area contributed by atoms with Crippen LogP contribution in [0.15, 0.2) is 53.6 Å². The van der Waals surface area contributed by atoms with Crippen LogP contribution >= 0.6 is 0 Å². The lowest BCUT2D eigenvalue weighted by Crippen LogP contribution is -2.17. The molecule has 23 heavy (non-hydrogen) atoms. The van der Waals surface area contributed by atoms with Crippen LogP contribution in [0.1, 0.15) is 41.3 Å². The first-order valence-corrected chi connectivity index (χ1v) is 7.82. The second-order valence-corrected chi connectivity index (χ2v) is 5.34. The number of hydrogen-bond acceptors (Lipinski definition) is 3. The van der Waals surface area contributed by atoms with E-state index in [0.717, 1.165) is 36.3 Å². The maximum atomic E-state index is 11.9. The Balaban J connectivity index is 1.86. The first-order chi connectivity index (χ1) is 11.2. The lowest BCUT2D eigenvalue weighted by Gasteiger charge is -2.05. The number of rotatable bonds is 7. The van der Waals surface area contributed by atoms with Crippen molar-refractivity contribution >= 4 is 12.1 Å². The summed E-state index contributed by atoms with van der Waals surface area (Å²) in [6.45, 7) is 4.81. The van der Waals surface area contributed by atoms with Gasteiger partial charge >= 0.3 is 0 Å². The van der Waals surface area contributed by atoms with Crippen molar-refractivity contribution in [3.05, 3.63) is 65.2 Å². The number of amides is 1. The van der Waals surface area contributed by atoms with Gasteiger partial charge in [-0.15, -0.1) is 0 Å². The van der Waals surface area contributed by atoms with Crippen molar-refractivity contribution < 1.29 is 9.53 Å². The topological polar surface area (TPSA) is 50.7 Å². The van der Waals surface area contributed by atoms with Gasteiger partial charge in [0, 0.05) is 5.56 Å². The lowest BCUT2D eigenvalue weighted by atomic mass is 10.1. The number of carbonyl (C=O) groups is 1. The van der Waals surface area contributed by atoms with Gasteiger partial charge in [-0.25, -0.2) is 5.43 Å². The monoisotopic (exact) mass is 310 g/mol.